The van der Waals surface area contributed by atoms with Crippen molar-refractivity contribution in [3.05, 3.63) is 41.4 Å². The second kappa shape index (κ2) is 8.54. The molecule has 0 radical (unpaired) electrons. The number of nitrogens with zero attached hydrogens (tertiary/aromatic N) is 2. The summed E-state index contributed by atoms with van der Waals surface area (Å²) in [5, 5.41) is 4.04. The SMILES string of the molecule is CCn1c(SCC(=O)Nc2cc(Cl)c(OC)cc2OC)nc2ccccc21. The Balaban J connectivity index is 1.73. The van der Waals surface area contributed by atoms with Crippen LogP contribution in [0.2, 0.25) is 5.02 Å². The highest BCUT2D eigenvalue weighted by atomic mass is 35.5. The van der Waals surface area contributed by atoms with E-state index in [0.29, 0.717) is 22.2 Å². The van der Waals surface area contributed by atoms with Gasteiger partial charge < -0.3 is 19.4 Å². The Morgan fingerprint density at radius 1 is 1.22 bits per heavy atom. The lowest BCUT2D eigenvalue weighted by Gasteiger charge is -2.13. The van der Waals surface area contributed by atoms with Gasteiger partial charge in [-0.05, 0) is 25.1 Å². The van der Waals surface area contributed by atoms with Crippen LogP contribution < -0.4 is 14.8 Å². The minimum Gasteiger partial charge on any atom is -0.495 e. The fourth-order valence-corrected chi connectivity index (χ4v) is 3.86. The van der Waals surface area contributed by atoms with E-state index in [-0.39, 0.29) is 11.7 Å². The topological polar surface area (TPSA) is 65.4 Å². The smallest absolute Gasteiger partial charge is 0.234 e. The van der Waals surface area contributed by atoms with E-state index < -0.39 is 0 Å². The Labute approximate surface area is 166 Å². The quantitative estimate of drug-likeness (QED) is 0.588. The Bertz CT molecular complexity index is 974. The van der Waals surface area contributed by atoms with Gasteiger partial charge in [0.05, 0.1) is 41.7 Å². The number of imidazole rings is 1. The van der Waals surface area contributed by atoms with E-state index in [1.54, 1.807) is 12.1 Å². The Morgan fingerprint density at radius 2 is 1.96 bits per heavy atom. The molecule has 0 bridgehead atoms. The number of halogens is 1. The third-order valence-electron chi connectivity index (χ3n) is 4.02. The summed E-state index contributed by atoms with van der Waals surface area (Å²) < 4.78 is 12.6. The molecule has 0 saturated carbocycles. The number of ether oxygens (including phenoxy) is 2. The van der Waals surface area contributed by atoms with Crippen molar-refractivity contribution in [1.29, 1.82) is 0 Å². The predicted molar refractivity (Wildman–Crippen MR) is 109 cm³/mol. The molecule has 1 amide bonds. The highest BCUT2D eigenvalue weighted by Crippen LogP contribution is 2.36. The molecule has 6 nitrogen and oxygen atoms in total. The highest BCUT2D eigenvalue weighted by Gasteiger charge is 2.15. The molecule has 1 aromatic heterocycles. The number of hydrogen-bond acceptors (Lipinski definition) is 5. The molecule has 0 spiro atoms. The standard InChI is InChI=1S/C19H20ClN3O3S/c1-4-23-15-8-6-5-7-13(15)22-19(23)27-11-18(24)21-14-9-12(20)16(25-2)10-17(14)26-3/h5-10H,4,11H2,1-3H3,(H,21,24). The van der Waals surface area contributed by atoms with Gasteiger partial charge >= 0.3 is 0 Å². The summed E-state index contributed by atoms with van der Waals surface area (Å²) in [7, 11) is 3.05. The fraction of sp³-hybridized carbons (Fsp3) is 0.263. The first-order valence-electron chi connectivity index (χ1n) is 8.36. The largest absolute Gasteiger partial charge is 0.495 e. The van der Waals surface area contributed by atoms with Crippen LogP contribution in [0.3, 0.4) is 0 Å². The van der Waals surface area contributed by atoms with Crippen LogP contribution >= 0.6 is 23.4 Å². The van der Waals surface area contributed by atoms with Gasteiger partial charge in [-0.3, -0.25) is 4.79 Å². The fourth-order valence-electron chi connectivity index (χ4n) is 2.74. The number of methoxy groups -OCH3 is 2. The van der Waals surface area contributed by atoms with Gasteiger partial charge in [0.1, 0.15) is 11.5 Å². The van der Waals surface area contributed by atoms with Crippen molar-refractivity contribution in [3.63, 3.8) is 0 Å². The van der Waals surface area contributed by atoms with Crippen LogP contribution in [-0.4, -0.2) is 35.4 Å². The van der Waals surface area contributed by atoms with Crippen molar-refractivity contribution in [2.24, 2.45) is 0 Å². The maximum absolute atomic E-state index is 12.4. The van der Waals surface area contributed by atoms with Gasteiger partial charge in [0.25, 0.3) is 0 Å². The molecule has 1 heterocycles. The zero-order valence-corrected chi connectivity index (χ0v) is 16.9. The molecule has 27 heavy (non-hydrogen) atoms. The molecule has 0 unspecified atom stereocenters. The number of amides is 1. The van der Waals surface area contributed by atoms with E-state index in [0.717, 1.165) is 22.7 Å². The zero-order chi connectivity index (χ0) is 19.4. The number of carbonyl (C=O) groups excluding carboxylic acids is 1. The molecule has 0 saturated heterocycles. The number of aromatic nitrogens is 2. The molecule has 2 aromatic carbocycles. The van der Waals surface area contributed by atoms with Crippen LogP contribution in [0.4, 0.5) is 5.69 Å². The normalized spacial score (nSPS) is 10.8. The van der Waals surface area contributed by atoms with Crippen molar-refractivity contribution >= 4 is 46.0 Å². The maximum Gasteiger partial charge on any atom is 0.234 e. The van der Waals surface area contributed by atoms with Gasteiger partial charge in [0.15, 0.2) is 5.16 Å². The number of rotatable bonds is 7. The second-order valence-corrected chi connectivity index (χ2v) is 7.00. The van der Waals surface area contributed by atoms with Crippen LogP contribution in [0.5, 0.6) is 11.5 Å². The molecule has 0 aliphatic carbocycles. The third-order valence-corrected chi connectivity index (χ3v) is 5.29. The van der Waals surface area contributed by atoms with Crippen molar-refractivity contribution in [2.75, 3.05) is 25.3 Å². The summed E-state index contributed by atoms with van der Waals surface area (Å²) in [6.45, 7) is 2.84. The first-order valence-corrected chi connectivity index (χ1v) is 9.73. The Morgan fingerprint density at radius 3 is 2.67 bits per heavy atom. The summed E-state index contributed by atoms with van der Waals surface area (Å²) in [6.07, 6.45) is 0. The summed E-state index contributed by atoms with van der Waals surface area (Å²) >= 11 is 7.54. The van der Waals surface area contributed by atoms with Crippen molar-refractivity contribution in [2.45, 2.75) is 18.6 Å². The zero-order valence-electron chi connectivity index (χ0n) is 15.3. The summed E-state index contributed by atoms with van der Waals surface area (Å²) in [5.74, 6) is 1.01. The number of para-hydroxylation sites is 2. The average Bonchev–Trinajstić information content (AvgIpc) is 3.04. The van der Waals surface area contributed by atoms with Crippen LogP contribution in [-0.2, 0) is 11.3 Å². The van der Waals surface area contributed by atoms with Gasteiger partial charge in [0, 0.05) is 12.6 Å². The van der Waals surface area contributed by atoms with Gasteiger partial charge in [-0.2, -0.15) is 0 Å². The molecule has 8 heteroatoms. The monoisotopic (exact) mass is 405 g/mol. The predicted octanol–water partition coefficient (Wildman–Crippen LogP) is 4.46. The summed E-state index contributed by atoms with van der Waals surface area (Å²) in [5.41, 5.74) is 2.48. The van der Waals surface area contributed by atoms with E-state index in [1.165, 1.54) is 26.0 Å². The third kappa shape index (κ3) is 4.14. The first-order chi connectivity index (χ1) is 13.1. The molecule has 0 aliphatic rings. The van der Waals surface area contributed by atoms with E-state index in [9.17, 15) is 4.79 Å². The number of aryl methyl sites for hydroxylation is 1. The molecule has 0 aliphatic heterocycles. The van der Waals surface area contributed by atoms with Crippen LogP contribution in [0.25, 0.3) is 11.0 Å². The Hall–Kier alpha value is -2.38. The van der Waals surface area contributed by atoms with Crippen LogP contribution in [0.15, 0.2) is 41.6 Å². The van der Waals surface area contributed by atoms with E-state index in [1.807, 2.05) is 24.3 Å². The lowest BCUT2D eigenvalue weighted by atomic mass is 10.2. The number of hydrogen-bond donors (Lipinski definition) is 1. The molecule has 0 atom stereocenters. The van der Waals surface area contributed by atoms with Crippen molar-refractivity contribution < 1.29 is 14.3 Å². The van der Waals surface area contributed by atoms with Crippen molar-refractivity contribution in [1.82, 2.24) is 9.55 Å². The van der Waals surface area contributed by atoms with Gasteiger partial charge in [-0.15, -0.1) is 0 Å². The van der Waals surface area contributed by atoms with Gasteiger partial charge in [-0.25, -0.2) is 4.98 Å². The number of anilines is 1. The Kier molecular flexibility index (Phi) is 6.13. The summed E-state index contributed by atoms with van der Waals surface area (Å²) in [4.78, 5) is 17.1. The lowest BCUT2D eigenvalue weighted by Crippen LogP contribution is -2.15. The maximum atomic E-state index is 12.4. The molecule has 0 fully saturated rings. The van der Waals surface area contributed by atoms with E-state index >= 15 is 0 Å². The van der Waals surface area contributed by atoms with Crippen molar-refractivity contribution in [3.8, 4) is 11.5 Å². The molecular weight excluding hydrogens is 386 g/mol. The summed E-state index contributed by atoms with van der Waals surface area (Å²) in [6, 6.07) is 11.2. The first kappa shape index (κ1) is 19.4. The molecular formula is C19H20ClN3O3S. The minimum atomic E-state index is -0.172. The number of thioether (sulfide) groups is 1. The molecule has 142 valence electrons. The van der Waals surface area contributed by atoms with Gasteiger partial charge in [0.2, 0.25) is 5.91 Å². The van der Waals surface area contributed by atoms with Crippen LogP contribution in [0, 0.1) is 0 Å². The molecule has 1 N–H and O–H groups in total. The number of nitrogens with one attached hydrogen (secondary N) is 1. The van der Waals surface area contributed by atoms with E-state index in [4.69, 9.17) is 21.1 Å². The average molecular weight is 406 g/mol. The molecule has 3 aromatic rings. The highest BCUT2D eigenvalue weighted by molar-refractivity contribution is 7.99. The van der Waals surface area contributed by atoms with Gasteiger partial charge in [-0.1, -0.05) is 35.5 Å². The number of fused-ring (bicyclic) bond motifs is 1. The number of benzene rings is 2. The second-order valence-electron chi connectivity index (χ2n) is 5.65. The van der Waals surface area contributed by atoms with Crippen LogP contribution in [0.1, 0.15) is 6.92 Å². The molecule has 3 rings (SSSR count). The lowest BCUT2D eigenvalue weighted by molar-refractivity contribution is -0.113. The number of carbonyl (C=O) groups is 1. The van der Waals surface area contributed by atoms with E-state index in [2.05, 4.69) is 21.8 Å². The minimum absolute atomic E-state index is 0.172.